The van der Waals surface area contributed by atoms with Crippen LogP contribution in [0.25, 0.3) is 0 Å². The minimum Gasteiger partial charge on any atom is -0.348 e. The van der Waals surface area contributed by atoms with E-state index in [9.17, 15) is 0 Å². The molecule has 0 aliphatic carbocycles. The molecule has 104 valence electrons. The number of unbranched alkanes of at least 4 members (excludes halogenated alkanes) is 1. The molecule has 0 amide bonds. The molecular weight excluding hydrogens is 220 g/mol. The normalized spacial score (nSPS) is 13.0. The van der Waals surface area contributed by atoms with Gasteiger partial charge in [-0.2, -0.15) is 0 Å². The molecule has 2 nitrogen and oxygen atoms in total. The van der Waals surface area contributed by atoms with Gasteiger partial charge in [0.2, 0.25) is 0 Å². The Hall–Kier alpha value is -0.790. The minimum absolute atomic E-state index is 0.174. The van der Waals surface area contributed by atoms with Gasteiger partial charge in [-0.25, -0.2) is 4.98 Å². The van der Waals surface area contributed by atoms with Crippen molar-refractivity contribution in [1.29, 1.82) is 0 Å². The summed E-state index contributed by atoms with van der Waals surface area (Å²) in [6.07, 6.45) is 8.02. The third-order valence-corrected chi connectivity index (χ3v) is 3.99. The van der Waals surface area contributed by atoms with Gasteiger partial charge in [0.05, 0.1) is 12.0 Å². The monoisotopic (exact) mass is 250 g/mol. The highest BCUT2D eigenvalue weighted by atomic mass is 14.9. The van der Waals surface area contributed by atoms with Crippen LogP contribution in [0, 0.1) is 0 Å². The van der Waals surface area contributed by atoms with Crippen molar-refractivity contribution in [2.45, 2.75) is 84.5 Å². The van der Waals surface area contributed by atoms with Crippen LogP contribution in [0.4, 0.5) is 0 Å². The van der Waals surface area contributed by atoms with Crippen molar-refractivity contribution in [3.05, 3.63) is 17.7 Å². The van der Waals surface area contributed by atoms with Gasteiger partial charge in [-0.1, -0.05) is 60.8 Å². The number of rotatable bonds is 7. The molecular formula is C16H30N2. The molecule has 1 aromatic heterocycles. The zero-order valence-electron chi connectivity index (χ0n) is 13.1. The summed E-state index contributed by atoms with van der Waals surface area (Å²) in [6.45, 7) is 13.8. The molecule has 0 radical (unpaired) electrons. The van der Waals surface area contributed by atoms with Gasteiger partial charge < -0.3 is 4.98 Å². The Labute approximate surface area is 113 Å². The average Bonchev–Trinajstić information content (AvgIpc) is 2.76. The van der Waals surface area contributed by atoms with Crippen LogP contribution in [-0.2, 0) is 10.8 Å². The molecule has 0 saturated heterocycles. The molecule has 1 aromatic rings. The molecule has 0 atom stereocenters. The Balaban J connectivity index is 3.01. The number of aromatic nitrogens is 2. The molecule has 1 heterocycles. The van der Waals surface area contributed by atoms with Crippen LogP contribution in [-0.4, -0.2) is 9.97 Å². The summed E-state index contributed by atoms with van der Waals surface area (Å²) in [4.78, 5) is 8.03. The summed E-state index contributed by atoms with van der Waals surface area (Å²) < 4.78 is 0. The Morgan fingerprint density at radius 2 is 1.67 bits per heavy atom. The number of hydrogen-bond acceptors (Lipinski definition) is 1. The van der Waals surface area contributed by atoms with Crippen LogP contribution in [0.5, 0.6) is 0 Å². The third-order valence-electron chi connectivity index (χ3n) is 3.99. The topological polar surface area (TPSA) is 28.7 Å². The maximum Gasteiger partial charge on any atom is 0.0925 e. The number of hydrogen-bond donors (Lipinski definition) is 1. The second-order valence-corrected chi connectivity index (χ2v) is 6.75. The molecule has 1 rings (SSSR count). The molecule has 0 unspecified atom stereocenters. The lowest BCUT2D eigenvalue weighted by atomic mass is 9.76. The molecule has 18 heavy (non-hydrogen) atoms. The molecule has 0 fully saturated rings. The highest BCUT2D eigenvalue weighted by molar-refractivity contribution is 5.27. The summed E-state index contributed by atoms with van der Waals surface area (Å²) in [6, 6.07) is 0. The van der Waals surface area contributed by atoms with E-state index >= 15 is 0 Å². The molecule has 0 spiro atoms. The van der Waals surface area contributed by atoms with Crippen molar-refractivity contribution in [1.82, 2.24) is 9.97 Å². The van der Waals surface area contributed by atoms with Gasteiger partial charge in [0.1, 0.15) is 0 Å². The predicted molar refractivity (Wildman–Crippen MR) is 79.1 cm³/mol. The van der Waals surface area contributed by atoms with Gasteiger partial charge in [0.15, 0.2) is 0 Å². The second kappa shape index (κ2) is 5.90. The average molecular weight is 250 g/mol. The molecule has 2 heteroatoms. The lowest BCUT2D eigenvalue weighted by Crippen LogP contribution is -2.26. The smallest absolute Gasteiger partial charge is 0.0925 e. The van der Waals surface area contributed by atoms with Gasteiger partial charge in [-0.3, -0.25) is 0 Å². The maximum atomic E-state index is 4.63. The van der Waals surface area contributed by atoms with Crippen LogP contribution < -0.4 is 0 Å². The van der Waals surface area contributed by atoms with Crippen molar-refractivity contribution >= 4 is 0 Å². The van der Waals surface area contributed by atoms with Crippen LogP contribution in [0.2, 0.25) is 0 Å². The number of nitrogens with zero attached hydrogens (tertiary/aromatic N) is 1. The number of imidazole rings is 1. The van der Waals surface area contributed by atoms with Crippen LogP contribution in [0.1, 0.15) is 85.0 Å². The lowest BCUT2D eigenvalue weighted by Gasteiger charge is -2.30. The Kier molecular flexibility index (Phi) is 5.01. The quantitative estimate of drug-likeness (QED) is 0.728. The van der Waals surface area contributed by atoms with E-state index in [1.165, 1.54) is 43.5 Å². The molecule has 0 bridgehead atoms. The van der Waals surface area contributed by atoms with Crippen molar-refractivity contribution < 1.29 is 0 Å². The van der Waals surface area contributed by atoms with E-state index in [4.69, 9.17) is 0 Å². The summed E-state index contributed by atoms with van der Waals surface area (Å²) in [5, 5.41) is 0. The first kappa shape index (κ1) is 15.3. The fourth-order valence-electron chi connectivity index (χ4n) is 2.81. The standard InChI is InChI=1S/C16H30N2/c1-7-9-11-16(5,6)14-13(17-12-18-14)15(3,4)10-8-2/h12H,7-11H2,1-6H3,(H,17,18). The fraction of sp³-hybridized carbons (Fsp3) is 0.812. The van der Waals surface area contributed by atoms with E-state index in [1.54, 1.807) is 0 Å². The summed E-state index contributed by atoms with van der Waals surface area (Å²) >= 11 is 0. The molecule has 0 saturated carbocycles. The maximum absolute atomic E-state index is 4.63. The molecule has 0 aromatic carbocycles. The van der Waals surface area contributed by atoms with E-state index < -0.39 is 0 Å². The first-order valence-corrected chi connectivity index (χ1v) is 7.39. The Morgan fingerprint density at radius 3 is 2.22 bits per heavy atom. The minimum atomic E-state index is 0.174. The second-order valence-electron chi connectivity index (χ2n) is 6.75. The van der Waals surface area contributed by atoms with Crippen LogP contribution in [0.15, 0.2) is 6.33 Å². The number of H-pyrrole nitrogens is 1. The van der Waals surface area contributed by atoms with E-state index in [1.807, 2.05) is 6.33 Å². The van der Waals surface area contributed by atoms with E-state index in [0.717, 1.165) is 0 Å². The SMILES string of the molecule is CCCCC(C)(C)c1[nH]cnc1C(C)(C)CCC. The third kappa shape index (κ3) is 3.37. The van der Waals surface area contributed by atoms with Crippen molar-refractivity contribution in [2.75, 3.05) is 0 Å². The van der Waals surface area contributed by atoms with Gasteiger partial charge in [-0.05, 0) is 12.8 Å². The Bertz CT molecular complexity index is 361. The highest BCUT2D eigenvalue weighted by Crippen LogP contribution is 2.36. The van der Waals surface area contributed by atoms with Gasteiger partial charge in [0, 0.05) is 16.5 Å². The largest absolute Gasteiger partial charge is 0.348 e. The fourth-order valence-corrected chi connectivity index (χ4v) is 2.81. The molecule has 1 N–H and O–H groups in total. The van der Waals surface area contributed by atoms with Crippen molar-refractivity contribution in [2.24, 2.45) is 0 Å². The molecule has 0 aliphatic heterocycles. The summed E-state index contributed by atoms with van der Waals surface area (Å²) in [5.74, 6) is 0. The van der Waals surface area contributed by atoms with Gasteiger partial charge in [0.25, 0.3) is 0 Å². The zero-order chi connectivity index (χ0) is 13.8. The first-order chi connectivity index (χ1) is 8.35. The first-order valence-electron chi connectivity index (χ1n) is 7.39. The van der Waals surface area contributed by atoms with E-state index in [2.05, 4.69) is 51.5 Å². The summed E-state index contributed by atoms with van der Waals surface area (Å²) in [5.41, 5.74) is 2.99. The summed E-state index contributed by atoms with van der Waals surface area (Å²) in [7, 11) is 0. The predicted octanol–water partition coefficient (Wildman–Crippen LogP) is 4.96. The zero-order valence-corrected chi connectivity index (χ0v) is 13.1. The number of nitrogens with one attached hydrogen (secondary N) is 1. The van der Waals surface area contributed by atoms with E-state index in [0.29, 0.717) is 0 Å². The van der Waals surface area contributed by atoms with Gasteiger partial charge in [-0.15, -0.1) is 0 Å². The van der Waals surface area contributed by atoms with E-state index in [-0.39, 0.29) is 10.8 Å². The van der Waals surface area contributed by atoms with Crippen LogP contribution in [0.3, 0.4) is 0 Å². The highest BCUT2D eigenvalue weighted by Gasteiger charge is 2.32. The van der Waals surface area contributed by atoms with Gasteiger partial charge >= 0.3 is 0 Å². The molecule has 0 aliphatic rings. The van der Waals surface area contributed by atoms with Crippen LogP contribution >= 0.6 is 0 Å². The Morgan fingerprint density at radius 1 is 1.00 bits per heavy atom. The number of aromatic amines is 1. The lowest BCUT2D eigenvalue weighted by molar-refractivity contribution is 0.409. The van der Waals surface area contributed by atoms with Crippen molar-refractivity contribution in [3.63, 3.8) is 0 Å². The van der Waals surface area contributed by atoms with Crippen molar-refractivity contribution in [3.8, 4) is 0 Å².